The van der Waals surface area contributed by atoms with Crippen LogP contribution in [-0.4, -0.2) is 47.8 Å². The van der Waals surface area contributed by atoms with Crippen LogP contribution < -0.4 is 10.6 Å². The van der Waals surface area contributed by atoms with Crippen LogP contribution in [0.1, 0.15) is 52.0 Å². The molecule has 6 nitrogen and oxygen atoms in total. The molecule has 0 aliphatic carbocycles. The summed E-state index contributed by atoms with van der Waals surface area (Å²) in [4.78, 5) is 32.5. The van der Waals surface area contributed by atoms with E-state index in [-0.39, 0.29) is 17.2 Å². The Morgan fingerprint density at radius 2 is 1.68 bits per heavy atom. The molecule has 7 heteroatoms. The number of hydrogen-bond acceptors (Lipinski definition) is 4. The minimum Gasteiger partial charge on any atom is -0.405 e. The summed E-state index contributed by atoms with van der Waals surface area (Å²) >= 11 is 6.29. The second-order valence-electron chi connectivity index (χ2n) is 10.2. The predicted molar refractivity (Wildman–Crippen MR) is 148 cm³/mol. The van der Waals surface area contributed by atoms with Crippen molar-refractivity contribution in [1.82, 2.24) is 9.80 Å². The lowest BCUT2D eigenvalue weighted by molar-refractivity contribution is 0.0371. The Bertz CT molecular complexity index is 1270. The minimum absolute atomic E-state index is 0.0283. The van der Waals surface area contributed by atoms with Gasteiger partial charge in [0.05, 0.1) is 17.1 Å². The Balaban J connectivity index is 1.22. The number of carbonyl (C=O) groups is 2. The predicted octanol–water partition coefficient (Wildman–Crippen LogP) is 5.36. The zero-order valence-electron chi connectivity index (χ0n) is 21.0. The maximum atomic E-state index is 13.4. The third kappa shape index (κ3) is 4.90. The van der Waals surface area contributed by atoms with Crippen LogP contribution in [0.5, 0.6) is 0 Å². The van der Waals surface area contributed by atoms with Gasteiger partial charge in [0.2, 0.25) is 0 Å². The molecule has 2 fully saturated rings. The number of anilines is 1. The first kappa shape index (κ1) is 25.2. The molecular weight excluding hydrogens is 484 g/mol. The SMILES string of the molecule is C=C/C=C(\C=C/N)N1CCC2(CCN(C(=O)c3cccc(N4Cc5cccc(Cl)c5C4=O)c3)CC2)CC1. The molecule has 2 amide bonds. The van der Waals surface area contributed by atoms with E-state index in [2.05, 4.69) is 11.5 Å². The molecule has 3 heterocycles. The number of piperidine rings is 2. The Hall–Kier alpha value is -3.51. The first-order chi connectivity index (χ1) is 17.9. The van der Waals surface area contributed by atoms with E-state index in [1.807, 2.05) is 53.5 Å². The number of halogens is 1. The molecule has 0 atom stereocenters. The summed E-state index contributed by atoms with van der Waals surface area (Å²) in [6.45, 7) is 7.75. The molecule has 0 unspecified atom stereocenters. The van der Waals surface area contributed by atoms with Gasteiger partial charge in [-0.1, -0.05) is 42.5 Å². The van der Waals surface area contributed by atoms with Crippen molar-refractivity contribution < 1.29 is 9.59 Å². The first-order valence-electron chi connectivity index (χ1n) is 12.9. The van der Waals surface area contributed by atoms with Crippen LogP contribution in [0.2, 0.25) is 5.02 Å². The lowest BCUT2D eigenvalue weighted by Crippen LogP contribution is -2.48. The molecule has 37 heavy (non-hydrogen) atoms. The number of nitrogens with two attached hydrogens (primary N) is 1. The van der Waals surface area contributed by atoms with E-state index >= 15 is 0 Å². The normalized spacial score (nSPS) is 19.5. The van der Waals surface area contributed by atoms with Gasteiger partial charge in [-0.05, 0) is 79.3 Å². The highest BCUT2D eigenvalue weighted by atomic mass is 35.5. The molecule has 192 valence electrons. The van der Waals surface area contributed by atoms with E-state index < -0.39 is 0 Å². The van der Waals surface area contributed by atoms with Crippen molar-refractivity contribution in [1.29, 1.82) is 0 Å². The van der Waals surface area contributed by atoms with Gasteiger partial charge in [-0.3, -0.25) is 9.59 Å². The van der Waals surface area contributed by atoms with Crippen molar-refractivity contribution in [2.45, 2.75) is 32.2 Å². The van der Waals surface area contributed by atoms with Gasteiger partial charge < -0.3 is 20.4 Å². The Kier molecular flexibility index (Phi) is 7.11. The third-order valence-corrected chi connectivity index (χ3v) is 8.46. The van der Waals surface area contributed by atoms with Crippen molar-refractivity contribution in [3.63, 3.8) is 0 Å². The quantitative estimate of drug-likeness (QED) is 0.543. The number of benzene rings is 2. The highest BCUT2D eigenvalue weighted by Gasteiger charge is 2.39. The molecule has 5 rings (SSSR count). The maximum Gasteiger partial charge on any atom is 0.260 e. The van der Waals surface area contributed by atoms with Crippen molar-refractivity contribution >= 4 is 29.1 Å². The maximum absolute atomic E-state index is 13.4. The molecule has 3 aliphatic rings. The Labute approximate surface area is 223 Å². The van der Waals surface area contributed by atoms with Gasteiger partial charge in [-0.15, -0.1) is 0 Å². The average Bonchev–Trinajstić information content (AvgIpc) is 3.27. The Morgan fingerprint density at radius 3 is 2.32 bits per heavy atom. The topological polar surface area (TPSA) is 69.9 Å². The number of likely N-dealkylation sites (tertiary alicyclic amines) is 2. The van der Waals surface area contributed by atoms with Gasteiger partial charge in [0, 0.05) is 43.1 Å². The molecule has 0 radical (unpaired) electrons. The second kappa shape index (κ2) is 10.5. The number of fused-ring (bicyclic) bond motifs is 1. The van der Waals surface area contributed by atoms with Gasteiger partial charge in [0.1, 0.15) is 0 Å². The number of hydrogen-bond donors (Lipinski definition) is 1. The van der Waals surface area contributed by atoms with Crippen molar-refractivity contribution in [2.24, 2.45) is 11.1 Å². The molecule has 0 bridgehead atoms. The van der Waals surface area contributed by atoms with Gasteiger partial charge in [-0.2, -0.15) is 0 Å². The van der Waals surface area contributed by atoms with Crippen molar-refractivity contribution in [2.75, 3.05) is 31.1 Å². The highest BCUT2D eigenvalue weighted by molar-refractivity contribution is 6.35. The second-order valence-corrected chi connectivity index (χ2v) is 10.6. The van der Waals surface area contributed by atoms with E-state index in [0.29, 0.717) is 22.7 Å². The van der Waals surface area contributed by atoms with Gasteiger partial charge in [0.15, 0.2) is 0 Å². The summed E-state index contributed by atoms with van der Waals surface area (Å²) in [5.41, 5.74) is 9.81. The summed E-state index contributed by atoms with van der Waals surface area (Å²) < 4.78 is 0. The van der Waals surface area contributed by atoms with Crippen LogP contribution in [0.25, 0.3) is 0 Å². The van der Waals surface area contributed by atoms with Crippen LogP contribution in [-0.2, 0) is 6.54 Å². The zero-order valence-corrected chi connectivity index (χ0v) is 21.8. The van der Waals surface area contributed by atoms with Crippen molar-refractivity contribution in [3.05, 3.63) is 101 Å². The molecule has 1 spiro atoms. The zero-order chi connectivity index (χ0) is 26.0. The van der Waals surface area contributed by atoms with E-state index in [4.69, 9.17) is 17.3 Å². The molecule has 0 aromatic heterocycles. The van der Waals surface area contributed by atoms with Gasteiger partial charge in [0.25, 0.3) is 11.8 Å². The van der Waals surface area contributed by atoms with Crippen LogP contribution in [0.3, 0.4) is 0 Å². The lowest BCUT2D eigenvalue weighted by atomic mass is 9.71. The van der Waals surface area contributed by atoms with Gasteiger partial charge in [-0.25, -0.2) is 0 Å². The molecule has 2 aromatic carbocycles. The monoisotopic (exact) mass is 516 g/mol. The smallest absolute Gasteiger partial charge is 0.260 e. The summed E-state index contributed by atoms with van der Waals surface area (Å²) in [6, 6.07) is 12.9. The van der Waals surface area contributed by atoms with Gasteiger partial charge >= 0.3 is 0 Å². The summed E-state index contributed by atoms with van der Waals surface area (Å²) in [7, 11) is 0. The highest BCUT2D eigenvalue weighted by Crippen LogP contribution is 2.42. The first-order valence-corrected chi connectivity index (χ1v) is 13.3. The molecule has 2 saturated heterocycles. The van der Waals surface area contributed by atoms with E-state index in [1.165, 1.54) is 0 Å². The van der Waals surface area contributed by atoms with E-state index in [0.717, 1.165) is 68.8 Å². The number of amides is 2. The van der Waals surface area contributed by atoms with E-state index in [1.54, 1.807) is 23.2 Å². The average molecular weight is 517 g/mol. The lowest BCUT2D eigenvalue weighted by Gasteiger charge is -2.47. The molecule has 0 saturated carbocycles. The fourth-order valence-corrected chi connectivity index (χ4v) is 6.20. The molecular formula is C30H33ClN4O2. The number of nitrogens with zero attached hydrogens (tertiary/aromatic N) is 3. The Morgan fingerprint density at radius 1 is 1.00 bits per heavy atom. The fraction of sp³-hybridized carbons (Fsp3) is 0.333. The number of rotatable bonds is 5. The minimum atomic E-state index is -0.121. The third-order valence-electron chi connectivity index (χ3n) is 8.15. The summed E-state index contributed by atoms with van der Waals surface area (Å²) in [5, 5.41) is 0.467. The van der Waals surface area contributed by atoms with Crippen LogP contribution in [0.15, 0.2) is 79.2 Å². The molecule has 2 aromatic rings. The van der Waals surface area contributed by atoms with Crippen LogP contribution in [0, 0.1) is 5.41 Å². The van der Waals surface area contributed by atoms with Crippen molar-refractivity contribution in [3.8, 4) is 0 Å². The number of allylic oxidation sites excluding steroid dienone is 3. The molecule has 2 N–H and O–H groups in total. The largest absolute Gasteiger partial charge is 0.405 e. The fourth-order valence-electron chi connectivity index (χ4n) is 5.92. The summed E-state index contributed by atoms with van der Waals surface area (Å²) in [6.07, 6.45) is 11.5. The summed E-state index contributed by atoms with van der Waals surface area (Å²) in [5.74, 6) is -0.0925. The van der Waals surface area contributed by atoms with E-state index in [9.17, 15) is 9.59 Å². The number of carbonyl (C=O) groups excluding carboxylic acids is 2. The standard InChI is InChI=1S/C30H33ClN4O2/c1-2-5-24(10-15-32)33-16-11-30(12-17-33)13-18-34(19-14-30)28(36)22-6-3-8-25(20-22)35-21-23-7-4-9-26(31)27(23)29(35)37/h2-10,15,20H,1,11-14,16-19,21,32H2/b15-10-,24-5+. The van der Waals surface area contributed by atoms with Crippen LogP contribution >= 0.6 is 11.6 Å². The molecule has 3 aliphatic heterocycles. The van der Waals surface area contributed by atoms with Crippen LogP contribution in [0.4, 0.5) is 5.69 Å².